The van der Waals surface area contributed by atoms with E-state index in [9.17, 15) is 4.79 Å². The molecular formula is C17H26N2O2. The van der Waals surface area contributed by atoms with Crippen LogP contribution in [0.3, 0.4) is 0 Å². The van der Waals surface area contributed by atoms with Crippen LogP contribution in [0.15, 0.2) is 18.3 Å². The van der Waals surface area contributed by atoms with Gasteiger partial charge in [-0.25, -0.2) is 4.98 Å². The number of hydrogen-bond donors (Lipinski definition) is 1. The van der Waals surface area contributed by atoms with Crippen molar-refractivity contribution in [3.05, 3.63) is 23.9 Å². The van der Waals surface area contributed by atoms with Gasteiger partial charge in [-0.05, 0) is 18.4 Å². The maximum absolute atomic E-state index is 11.7. The quantitative estimate of drug-likeness (QED) is 0.839. The first-order valence-electron chi connectivity index (χ1n) is 7.84. The second-order valence-corrected chi connectivity index (χ2v) is 6.53. The van der Waals surface area contributed by atoms with E-state index in [0.717, 1.165) is 18.4 Å². The van der Waals surface area contributed by atoms with Crippen molar-refractivity contribution in [3.8, 4) is 5.88 Å². The van der Waals surface area contributed by atoms with Gasteiger partial charge in [0.1, 0.15) is 11.9 Å². The standard InChI is InChI=1S/C17H26N2O2/c1-11(2)16(20)7-13-5-6-17(18-10-13)21-15-8-14(9-15)19-12(3)4/h5-6,10-12,14-15,19H,7-9H2,1-4H3. The molecule has 1 aromatic rings. The van der Waals surface area contributed by atoms with Gasteiger partial charge in [-0.15, -0.1) is 0 Å². The second-order valence-electron chi connectivity index (χ2n) is 6.53. The molecule has 0 atom stereocenters. The SMILES string of the molecule is CC(C)NC1CC(Oc2ccc(CC(=O)C(C)C)cn2)C1. The number of carbonyl (C=O) groups excluding carboxylic acids is 1. The molecule has 0 amide bonds. The van der Waals surface area contributed by atoms with Crippen LogP contribution in [0.2, 0.25) is 0 Å². The fraction of sp³-hybridized carbons (Fsp3) is 0.647. The first-order chi connectivity index (χ1) is 9.94. The van der Waals surface area contributed by atoms with E-state index in [2.05, 4.69) is 24.1 Å². The Morgan fingerprint density at radius 1 is 1.33 bits per heavy atom. The number of nitrogens with zero attached hydrogens (tertiary/aromatic N) is 1. The maximum Gasteiger partial charge on any atom is 0.213 e. The fourth-order valence-corrected chi connectivity index (χ4v) is 2.43. The molecule has 1 saturated carbocycles. The number of nitrogens with one attached hydrogen (secondary N) is 1. The molecule has 0 spiro atoms. The Bertz CT molecular complexity index is 462. The van der Waals surface area contributed by atoms with Gasteiger partial charge in [0, 0.05) is 36.7 Å². The van der Waals surface area contributed by atoms with Crippen molar-refractivity contribution >= 4 is 5.78 Å². The highest BCUT2D eigenvalue weighted by Crippen LogP contribution is 2.25. The van der Waals surface area contributed by atoms with Gasteiger partial charge in [0.15, 0.2) is 0 Å². The zero-order valence-electron chi connectivity index (χ0n) is 13.4. The van der Waals surface area contributed by atoms with Crippen LogP contribution < -0.4 is 10.1 Å². The molecule has 0 aliphatic heterocycles. The molecular weight excluding hydrogens is 264 g/mol. The Morgan fingerprint density at radius 2 is 2.05 bits per heavy atom. The smallest absolute Gasteiger partial charge is 0.213 e. The Morgan fingerprint density at radius 3 is 2.57 bits per heavy atom. The molecule has 0 aromatic carbocycles. The summed E-state index contributed by atoms with van der Waals surface area (Å²) in [5, 5.41) is 3.50. The van der Waals surface area contributed by atoms with Crippen LogP contribution in [0.1, 0.15) is 46.1 Å². The average Bonchev–Trinajstić information content (AvgIpc) is 2.37. The van der Waals surface area contributed by atoms with Gasteiger partial charge in [0.2, 0.25) is 5.88 Å². The molecule has 0 unspecified atom stereocenters. The molecule has 116 valence electrons. The summed E-state index contributed by atoms with van der Waals surface area (Å²) < 4.78 is 5.83. The van der Waals surface area contributed by atoms with Crippen molar-refractivity contribution in [1.82, 2.24) is 10.3 Å². The van der Waals surface area contributed by atoms with Gasteiger partial charge in [-0.3, -0.25) is 4.79 Å². The minimum Gasteiger partial charge on any atom is -0.474 e. The van der Waals surface area contributed by atoms with Crippen LogP contribution in [0.5, 0.6) is 5.88 Å². The minimum absolute atomic E-state index is 0.0706. The fourth-order valence-electron chi connectivity index (χ4n) is 2.43. The number of pyridine rings is 1. The summed E-state index contributed by atoms with van der Waals surface area (Å²) in [7, 11) is 0. The van der Waals surface area contributed by atoms with E-state index in [1.165, 1.54) is 0 Å². The Hall–Kier alpha value is -1.42. The van der Waals surface area contributed by atoms with E-state index in [0.29, 0.717) is 24.4 Å². The number of Topliss-reactive ketones (excluding diaryl/α,β-unsaturated/α-hetero) is 1. The Labute approximate surface area is 127 Å². The average molecular weight is 290 g/mol. The summed E-state index contributed by atoms with van der Waals surface area (Å²) in [6, 6.07) is 4.89. The van der Waals surface area contributed by atoms with Crippen LogP contribution in [0.4, 0.5) is 0 Å². The van der Waals surface area contributed by atoms with E-state index < -0.39 is 0 Å². The number of ketones is 1. The third kappa shape index (κ3) is 4.81. The summed E-state index contributed by atoms with van der Waals surface area (Å²) in [6.45, 7) is 8.16. The predicted octanol–water partition coefficient (Wildman–Crippen LogP) is 2.76. The molecule has 0 saturated heterocycles. The minimum atomic E-state index is 0.0706. The van der Waals surface area contributed by atoms with Crippen LogP contribution in [-0.2, 0) is 11.2 Å². The molecule has 4 nitrogen and oxygen atoms in total. The normalized spacial score (nSPS) is 21.4. The van der Waals surface area contributed by atoms with E-state index >= 15 is 0 Å². The third-order valence-corrected chi connectivity index (χ3v) is 3.77. The van der Waals surface area contributed by atoms with E-state index in [1.54, 1.807) is 6.20 Å². The van der Waals surface area contributed by atoms with Crippen LogP contribution in [0.25, 0.3) is 0 Å². The Balaban J connectivity index is 1.77. The molecule has 1 heterocycles. The summed E-state index contributed by atoms with van der Waals surface area (Å²) in [4.78, 5) is 16.0. The first kappa shape index (κ1) is 16.0. The van der Waals surface area contributed by atoms with Crippen molar-refractivity contribution in [3.63, 3.8) is 0 Å². The monoisotopic (exact) mass is 290 g/mol. The van der Waals surface area contributed by atoms with Crippen molar-refractivity contribution < 1.29 is 9.53 Å². The number of ether oxygens (including phenoxy) is 1. The van der Waals surface area contributed by atoms with Gasteiger partial charge < -0.3 is 10.1 Å². The highest BCUT2D eigenvalue weighted by atomic mass is 16.5. The van der Waals surface area contributed by atoms with Crippen LogP contribution in [0, 0.1) is 5.92 Å². The lowest BCUT2D eigenvalue weighted by molar-refractivity contribution is -0.121. The number of aromatic nitrogens is 1. The van der Waals surface area contributed by atoms with E-state index in [1.807, 2.05) is 26.0 Å². The highest BCUT2D eigenvalue weighted by Gasteiger charge is 2.31. The van der Waals surface area contributed by atoms with Crippen molar-refractivity contribution in [1.29, 1.82) is 0 Å². The van der Waals surface area contributed by atoms with Gasteiger partial charge in [0.25, 0.3) is 0 Å². The molecule has 1 aliphatic rings. The third-order valence-electron chi connectivity index (χ3n) is 3.77. The predicted molar refractivity (Wildman–Crippen MR) is 83.5 cm³/mol. The summed E-state index contributed by atoms with van der Waals surface area (Å²) in [5.41, 5.74) is 0.953. The van der Waals surface area contributed by atoms with E-state index in [4.69, 9.17) is 4.74 Å². The number of hydrogen-bond acceptors (Lipinski definition) is 4. The van der Waals surface area contributed by atoms with Crippen molar-refractivity contribution in [2.24, 2.45) is 5.92 Å². The van der Waals surface area contributed by atoms with Crippen LogP contribution in [-0.4, -0.2) is 29.0 Å². The van der Waals surface area contributed by atoms with Crippen molar-refractivity contribution in [2.45, 2.75) is 65.1 Å². The van der Waals surface area contributed by atoms with Crippen molar-refractivity contribution in [2.75, 3.05) is 0 Å². The van der Waals surface area contributed by atoms with E-state index in [-0.39, 0.29) is 17.8 Å². The number of rotatable bonds is 7. The highest BCUT2D eigenvalue weighted by molar-refractivity contribution is 5.82. The first-order valence-corrected chi connectivity index (χ1v) is 7.84. The molecule has 4 heteroatoms. The Kier molecular flexibility index (Phi) is 5.34. The molecule has 2 rings (SSSR count). The topological polar surface area (TPSA) is 51.2 Å². The molecule has 0 radical (unpaired) electrons. The lowest BCUT2D eigenvalue weighted by Crippen LogP contribution is -2.49. The van der Waals surface area contributed by atoms with Crippen LogP contribution >= 0.6 is 0 Å². The van der Waals surface area contributed by atoms with Gasteiger partial charge in [-0.2, -0.15) is 0 Å². The zero-order chi connectivity index (χ0) is 15.4. The van der Waals surface area contributed by atoms with Gasteiger partial charge >= 0.3 is 0 Å². The second kappa shape index (κ2) is 7.03. The molecule has 1 fully saturated rings. The molecule has 1 aliphatic carbocycles. The lowest BCUT2D eigenvalue weighted by Gasteiger charge is -2.36. The zero-order valence-corrected chi connectivity index (χ0v) is 13.4. The summed E-state index contributed by atoms with van der Waals surface area (Å²) in [5.74, 6) is 0.970. The molecule has 1 N–H and O–H groups in total. The lowest BCUT2D eigenvalue weighted by atomic mass is 9.89. The maximum atomic E-state index is 11.7. The van der Waals surface area contributed by atoms with Gasteiger partial charge in [0.05, 0.1) is 0 Å². The summed E-state index contributed by atoms with van der Waals surface area (Å²) >= 11 is 0. The largest absolute Gasteiger partial charge is 0.474 e. The molecule has 0 bridgehead atoms. The van der Waals surface area contributed by atoms with Gasteiger partial charge in [-0.1, -0.05) is 33.8 Å². The summed E-state index contributed by atoms with van der Waals surface area (Å²) in [6.07, 6.45) is 4.53. The molecule has 21 heavy (non-hydrogen) atoms. The molecule has 1 aromatic heterocycles. The number of carbonyl (C=O) groups is 1.